The second kappa shape index (κ2) is 14.4. The third kappa shape index (κ3) is 5.26. The summed E-state index contributed by atoms with van der Waals surface area (Å²) in [5.41, 5.74) is 14.2. The van der Waals surface area contributed by atoms with Crippen molar-refractivity contribution in [3.8, 4) is 22.7 Å². The van der Waals surface area contributed by atoms with Crippen LogP contribution in [-0.4, -0.2) is 18.3 Å². The summed E-state index contributed by atoms with van der Waals surface area (Å²) in [6.45, 7) is 4.36. The average Bonchev–Trinajstić information content (AvgIpc) is 4.07. The number of fused-ring (bicyclic) bond motifs is 14. The van der Waals surface area contributed by atoms with Crippen LogP contribution in [0.15, 0.2) is 206 Å². The molecular weight excluding hydrogens is 753 g/mol. The topological polar surface area (TPSA) is 19.7 Å². The van der Waals surface area contributed by atoms with Gasteiger partial charge in [-0.05, 0) is 84.9 Å². The lowest BCUT2D eigenvalue weighted by Crippen LogP contribution is -1.99. The van der Waals surface area contributed by atoms with Crippen molar-refractivity contribution >= 4 is 87.2 Å². The minimum absolute atomic E-state index is 1.13. The third-order valence-corrected chi connectivity index (χ3v) is 12.8. The standard InChI is InChI=1S/C54H34N4.C4H10/c1-3-15-35(16-4-1)55-47-25-13-9-21-43(47)51-49(55)33-34-50-52(51)44-22-10-14-26-48(44)56(50)37-27-29-38(30-28-37)58-46-24-12-8-20-40(46)42-32-31-41-39-19-7-11-23-45(39)57(53(41)54(42)58)36-17-5-2-6-18-36;1-3-4-2/h1-34H;3-4H2,1-2H3. The molecule has 0 unspecified atom stereocenters. The van der Waals surface area contributed by atoms with Crippen LogP contribution in [0.1, 0.15) is 26.7 Å². The van der Waals surface area contributed by atoms with Crippen LogP contribution in [0.3, 0.4) is 0 Å². The number of hydrogen-bond donors (Lipinski definition) is 0. The second-order valence-electron chi connectivity index (χ2n) is 16.3. The van der Waals surface area contributed by atoms with Gasteiger partial charge in [0, 0.05) is 65.8 Å². The quantitative estimate of drug-likeness (QED) is 0.165. The van der Waals surface area contributed by atoms with E-state index in [1.807, 2.05) is 0 Å². The fourth-order valence-corrected chi connectivity index (χ4v) is 10.0. The van der Waals surface area contributed by atoms with E-state index in [1.165, 1.54) is 106 Å². The summed E-state index contributed by atoms with van der Waals surface area (Å²) in [5.74, 6) is 0. The lowest BCUT2D eigenvalue weighted by molar-refractivity contribution is 0.886. The van der Waals surface area contributed by atoms with Crippen molar-refractivity contribution < 1.29 is 0 Å². The lowest BCUT2D eigenvalue weighted by Gasteiger charge is -2.14. The Morgan fingerprint density at radius 1 is 0.242 bits per heavy atom. The summed E-state index contributed by atoms with van der Waals surface area (Å²) in [6, 6.07) is 75.3. The normalized spacial score (nSPS) is 11.8. The molecule has 9 aromatic carbocycles. The zero-order chi connectivity index (χ0) is 41.3. The van der Waals surface area contributed by atoms with Crippen LogP contribution in [0.25, 0.3) is 110 Å². The molecule has 13 rings (SSSR count). The van der Waals surface area contributed by atoms with Crippen molar-refractivity contribution in [2.24, 2.45) is 0 Å². The Morgan fingerprint density at radius 2 is 0.548 bits per heavy atom. The Kier molecular flexibility index (Phi) is 8.39. The number of benzene rings is 9. The number of rotatable bonds is 5. The molecule has 0 N–H and O–H groups in total. The maximum atomic E-state index is 2.48. The molecule has 62 heavy (non-hydrogen) atoms. The maximum absolute atomic E-state index is 2.48. The Bertz CT molecular complexity index is 3800. The number of aromatic nitrogens is 4. The Balaban J connectivity index is 0.000000986. The van der Waals surface area contributed by atoms with Gasteiger partial charge in [-0.1, -0.05) is 148 Å². The first-order chi connectivity index (χ1) is 30.7. The van der Waals surface area contributed by atoms with E-state index < -0.39 is 0 Å². The first kappa shape index (κ1) is 36.1. The van der Waals surface area contributed by atoms with E-state index in [0.717, 1.165) is 17.1 Å². The highest BCUT2D eigenvalue weighted by atomic mass is 15.1. The summed E-state index contributed by atoms with van der Waals surface area (Å²) >= 11 is 0. The van der Waals surface area contributed by atoms with Crippen LogP contribution in [0, 0.1) is 0 Å². The van der Waals surface area contributed by atoms with Gasteiger partial charge in [0.25, 0.3) is 0 Å². The Labute approximate surface area is 359 Å². The van der Waals surface area contributed by atoms with E-state index in [0.29, 0.717) is 0 Å². The van der Waals surface area contributed by atoms with E-state index in [4.69, 9.17) is 0 Å². The molecule has 296 valence electrons. The largest absolute Gasteiger partial charge is 0.309 e. The zero-order valence-corrected chi connectivity index (χ0v) is 34.8. The van der Waals surface area contributed by atoms with Crippen molar-refractivity contribution in [2.75, 3.05) is 0 Å². The molecule has 0 aliphatic rings. The van der Waals surface area contributed by atoms with Gasteiger partial charge in [0.15, 0.2) is 0 Å². The van der Waals surface area contributed by atoms with Gasteiger partial charge in [0.1, 0.15) is 0 Å². The molecule has 0 aliphatic heterocycles. The summed E-state index contributed by atoms with van der Waals surface area (Å²) in [7, 11) is 0. The number of para-hydroxylation sites is 6. The maximum Gasteiger partial charge on any atom is 0.0788 e. The molecule has 4 heterocycles. The van der Waals surface area contributed by atoms with E-state index in [2.05, 4.69) is 238 Å². The average molecular weight is 797 g/mol. The number of hydrogen-bond acceptors (Lipinski definition) is 0. The van der Waals surface area contributed by atoms with Gasteiger partial charge in [-0.2, -0.15) is 0 Å². The van der Waals surface area contributed by atoms with Crippen LogP contribution in [0.4, 0.5) is 0 Å². The second-order valence-corrected chi connectivity index (χ2v) is 16.3. The Hall–Kier alpha value is -7.82. The Morgan fingerprint density at radius 3 is 0.952 bits per heavy atom. The van der Waals surface area contributed by atoms with E-state index >= 15 is 0 Å². The minimum Gasteiger partial charge on any atom is -0.309 e. The molecule has 4 heteroatoms. The van der Waals surface area contributed by atoms with Gasteiger partial charge in [0.05, 0.1) is 44.1 Å². The number of nitrogens with zero attached hydrogens (tertiary/aromatic N) is 4. The fraction of sp³-hybridized carbons (Fsp3) is 0.0690. The van der Waals surface area contributed by atoms with Crippen LogP contribution in [0.2, 0.25) is 0 Å². The lowest BCUT2D eigenvalue weighted by atomic mass is 10.1. The van der Waals surface area contributed by atoms with Crippen molar-refractivity contribution in [1.29, 1.82) is 0 Å². The van der Waals surface area contributed by atoms with Gasteiger partial charge in [-0.3, -0.25) is 0 Å². The fourth-order valence-electron chi connectivity index (χ4n) is 10.0. The SMILES string of the molecule is CCCC.c1ccc(-n2c3ccccc3c3c4c5ccccc5n(-c5ccc(-n6c7ccccc7c7ccc8c9ccccc9n(-c9ccccc9)c8c76)cc5)c4ccc32)cc1. The molecule has 0 saturated heterocycles. The van der Waals surface area contributed by atoms with Crippen LogP contribution >= 0.6 is 0 Å². The summed E-state index contributed by atoms with van der Waals surface area (Å²) < 4.78 is 9.78. The van der Waals surface area contributed by atoms with Crippen molar-refractivity contribution in [1.82, 2.24) is 18.3 Å². The zero-order valence-electron chi connectivity index (χ0n) is 34.8. The molecule has 0 saturated carbocycles. The van der Waals surface area contributed by atoms with Crippen molar-refractivity contribution in [3.63, 3.8) is 0 Å². The first-order valence-corrected chi connectivity index (χ1v) is 21.9. The van der Waals surface area contributed by atoms with Crippen molar-refractivity contribution in [3.05, 3.63) is 206 Å². The number of unbranched alkanes of at least 4 members (excludes halogenated alkanes) is 1. The van der Waals surface area contributed by atoms with E-state index in [-0.39, 0.29) is 0 Å². The molecule has 0 aliphatic carbocycles. The van der Waals surface area contributed by atoms with Gasteiger partial charge in [-0.15, -0.1) is 0 Å². The molecule has 4 aromatic heterocycles. The van der Waals surface area contributed by atoms with Crippen LogP contribution in [0.5, 0.6) is 0 Å². The van der Waals surface area contributed by atoms with Gasteiger partial charge < -0.3 is 18.3 Å². The first-order valence-electron chi connectivity index (χ1n) is 21.9. The molecule has 0 atom stereocenters. The molecule has 0 radical (unpaired) electrons. The van der Waals surface area contributed by atoms with Crippen LogP contribution in [-0.2, 0) is 0 Å². The highest BCUT2D eigenvalue weighted by molar-refractivity contribution is 6.29. The molecular formula is C58H44N4. The summed E-state index contributed by atoms with van der Waals surface area (Å²) in [4.78, 5) is 0. The third-order valence-electron chi connectivity index (χ3n) is 12.8. The van der Waals surface area contributed by atoms with Gasteiger partial charge in [0.2, 0.25) is 0 Å². The molecule has 0 bridgehead atoms. The highest BCUT2D eigenvalue weighted by Crippen LogP contribution is 2.44. The van der Waals surface area contributed by atoms with Crippen molar-refractivity contribution in [2.45, 2.75) is 26.7 Å². The van der Waals surface area contributed by atoms with E-state index in [9.17, 15) is 0 Å². The van der Waals surface area contributed by atoms with Gasteiger partial charge in [-0.25, -0.2) is 0 Å². The molecule has 0 spiro atoms. The highest BCUT2D eigenvalue weighted by Gasteiger charge is 2.23. The molecule has 0 amide bonds. The smallest absolute Gasteiger partial charge is 0.0788 e. The molecule has 13 aromatic rings. The monoisotopic (exact) mass is 796 g/mol. The van der Waals surface area contributed by atoms with E-state index in [1.54, 1.807) is 0 Å². The predicted octanol–water partition coefficient (Wildman–Crippen LogP) is 15.9. The summed E-state index contributed by atoms with van der Waals surface area (Å²) in [6.07, 6.45) is 2.64. The summed E-state index contributed by atoms with van der Waals surface area (Å²) in [5, 5.41) is 10.1. The molecule has 4 nitrogen and oxygen atoms in total. The van der Waals surface area contributed by atoms with Crippen LogP contribution < -0.4 is 0 Å². The molecule has 0 fully saturated rings. The minimum atomic E-state index is 1.13. The predicted molar refractivity (Wildman–Crippen MR) is 264 cm³/mol. The van der Waals surface area contributed by atoms with Gasteiger partial charge >= 0.3 is 0 Å².